The van der Waals surface area contributed by atoms with Crippen LogP contribution in [0.2, 0.25) is 0 Å². The molecule has 1 aliphatic rings. The van der Waals surface area contributed by atoms with Crippen molar-refractivity contribution in [1.82, 2.24) is 10.2 Å². The molecule has 0 bridgehead atoms. The molecule has 0 amide bonds. The molecule has 2 heterocycles. The molecule has 2 unspecified atom stereocenters. The van der Waals surface area contributed by atoms with Crippen molar-refractivity contribution in [2.24, 2.45) is 5.92 Å². The predicted molar refractivity (Wildman–Crippen MR) is 84.9 cm³/mol. The fourth-order valence-corrected chi connectivity index (χ4v) is 3.98. The Balaban J connectivity index is 1.73. The summed E-state index contributed by atoms with van der Waals surface area (Å²) in [6.45, 7) is 10.7. The maximum Gasteiger partial charge on any atom is 0.00896 e. The third-order valence-corrected chi connectivity index (χ3v) is 5.32. The number of piperidine rings is 1. The molecule has 2 rings (SSSR count). The molecule has 0 spiro atoms. The van der Waals surface area contributed by atoms with Crippen LogP contribution in [-0.2, 0) is 6.42 Å². The summed E-state index contributed by atoms with van der Waals surface area (Å²) in [7, 11) is 0. The van der Waals surface area contributed by atoms with Gasteiger partial charge in [-0.05, 0) is 70.1 Å². The summed E-state index contributed by atoms with van der Waals surface area (Å²) in [5.41, 5.74) is 0. The van der Waals surface area contributed by atoms with Crippen LogP contribution in [0.5, 0.6) is 0 Å². The van der Waals surface area contributed by atoms with Crippen molar-refractivity contribution < 1.29 is 0 Å². The smallest absolute Gasteiger partial charge is 0.00896 e. The van der Waals surface area contributed by atoms with E-state index in [9.17, 15) is 0 Å². The molecule has 1 aliphatic heterocycles. The molecule has 19 heavy (non-hydrogen) atoms. The lowest BCUT2D eigenvalue weighted by Crippen LogP contribution is -2.45. The Labute approximate surface area is 122 Å². The Morgan fingerprint density at radius 3 is 2.68 bits per heavy atom. The fourth-order valence-electron chi connectivity index (χ4n) is 3.14. The highest BCUT2D eigenvalue weighted by atomic mass is 32.1. The Hall–Kier alpha value is -0.380. The molecule has 0 aliphatic carbocycles. The maximum absolute atomic E-state index is 3.81. The van der Waals surface area contributed by atoms with Crippen molar-refractivity contribution in [1.29, 1.82) is 0 Å². The zero-order chi connectivity index (χ0) is 13.7. The van der Waals surface area contributed by atoms with Gasteiger partial charge >= 0.3 is 0 Å². The van der Waals surface area contributed by atoms with Crippen LogP contribution >= 0.6 is 11.3 Å². The third kappa shape index (κ3) is 4.59. The van der Waals surface area contributed by atoms with E-state index in [1.54, 1.807) is 0 Å². The van der Waals surface area contributed by atoms with Crippen LogP contribution in [-0.4, -0.2) is 36.6 Å². The second kappa shape index (κ2) is 7.41. The van der Waals surface area contributed by atoms with Crippen molar-refractivity contribution >= 4 is 11.3 Å². The average Bonchev–Trinajstić information content (AvgIpc) is 2.91. The minimum Gasteiger partial charge on any atom is -0.311 e. The summed E-state index contributed by atoms with van der Waals surface area (Å²) in [6, 6.07) is 5.62. The summed E-state index contributed by atoms with van der Waals surface area (Å²) < 4.78 is 0. The maximum atomic E-state index is 3.81. The number of likely N-dealkylation sites (tertiary alicyclic amines) is 1. The molecule has 2 nitrogen and oxygen atoms in total. The average molecular weight is 280 g/mol. The molecule has 0 saturated carbocycles. The summed E-state index contributed by atoms with van der Waals surface area (Å²) in [6.07, 6.45) is 3.87. The monoisotopic (exact) mass is 280 g/mol. The van der Waals surface area contributed by atoms with Crippen LogP contribution in [0.1, 0.15) is 38.5 Å². The lowest BCUT2D eigenvalue weighted by atomic mass is 9.90. The van der Waals surface area contributed by atoms with Gasteiger partial charge in [0.15, 0.2) is 0 Å². The molecule has 1 aromatic rings. The number of nitrogens with one attached hydrogen (secondary N) is 1. The van der Waals surface area contributed by atoms with Gasteiger partial charge in [0.1, 0.15) is 0 Å². The lowest BCUT2D eigenvalue weighted by molar-refractivity contribution is 0.165. The molecule has 108 valence electrons. The molecule has 1 saturated heterocycles. The Morgan fingerprint density at radius 2 is 2.11 bits per heavy atom. The quantitative estimate of drug-likeness (QED) is 0.859. The van der Waals surface area contributed by atoms with Gasteiger partial charge in [0.25, 0.3) is 0 Å². The molecule has 1 N–H and O–H groups in total. The normalized spacial score (nSPS) is 21.4. The van der Waals surface area contributed by atoms with Gasteiger partial charge in [-0.15, -0.1) is 11.3 Å². The predicted octanol–water partition coefficient (Wildman–Crippen LogP) is 3.39. The van der Waals surface area contributed by atoms with E-state index in [2.05, 4.69) is 48.5 Å². The first kappa shape index (κ1) is 15.0. The second-order valence-corrected chi connectivity index (χ2v) is 6.94. The SMILES string of the molecule is CCN1CCC(C(C)NC(C)Cc2cccs2)CC1. The van der Waals surface area contributed by atoms with E-state index in [1.165, 1.54) is 37.4 Å². The Bertz CT molecular complexity index is 342. The van der Waals surface area contributed by atoms with Crippen LogP contribution in [0.3, 0.4) is 0 Å². The minimum atomic E-state index is 0.581. The molecule has 0 radical (unpaired) electrons. The molecule has 0 aromatic carbocycles. The van der Waals surface area contributed by atoms with Crippen molar-refractivity contribution in [3.63, 3.8) is 0 Å². The second-order valence-electron chi connectivity index (χ2n) is 5.91. The van der Waals surface area contributed by atoms with Crippen molar-refractivity contribution in [3.8, 4) is 0 Å². The van der Waals surface area contributed by atoms with Gasteiger partial charge < -0.3 is 10.2 Å². The number of hydrogen-bond donors (Lipinski definition) is 1. The molecule has 1 aromatic heterocycles. The van der Waals surface area contributed by atoms with Crippen molar-refractivity contribution in [3.05, 3.63) is 22.4 Å². The van der Waals surface area contributed by atoms with Gasteiger partial charge in [-0.2, -0.15) is 0 Å². The lowest BCUT2D eigenvalue weighted by Gasteiger charge is -2.35. The zero-order valence-electron chi connectivity index (χ0n) is 12.6. The molecule has 3 heteroatoms. The summed E-state index contributed by atoms with van der Waals surface area (Å²) >= 11 is 1.87. The van der Waals surface area contributed by atoms with Crippen LogP contribution < -0.4 is 5.32 Å². The van der Waals surface area contributed by atoms with Crippen molar-refractivity contribution in [2.75, 3.05) is 19.6 Å². The molecular formula is C16H28N2S. The third-order valence-electron chi connectivity index (χ3n) is 4.42. The zero-order valence-corrected chi connectivity index (χ0v) is 13.4. The van der Waals surface area contributed by atoms with Crippen LogP contribution in [0.4, 0.5) is 0 Å². The van der Waals surface area contributed by atoms with Crippen molar-refractivity contribution in [2.45, 2.75) is 52.1 Å². The highest BCUT2D eigenvalue weighted by Crippen LogP contribution is 2.21. The summed E-state index contributed by atoms with van der Waals surface area (Å²) in [5, 5.41) is 5.98. The van der Waals surface area contributed by atoms with Crippen LogP contribution in [0, 0.1) is 5.92 Å². The number of hydrogen-bond acceptors (Lipinski definition) is 3. The van der Waals surface area contributed by atoms with E-state index in [4.69, 9.17) is 0 Å². The van der Waals surface area contributed by atoms with Crippen LogP contribution in [0.25, 0.3) is 0 Å². The van der Waals surface area contributed by atoms with Gasteiger partial charge in [-0.1, -0.05) is 13.0 Å². The highest BCUT2D eigenvalue weighted by molar-refractivity contribution is 7.09. The fraction of sp³-hybridized carbons (Fsp3) is 0.750. The van der Waals surface area contributed by atoms with Crippen LogP contribution in [0.15, 0.2) is 17.5 Å². The Kier molecular flexibility index (Phi) is 5.86. The molecular weight excluding hydrogens is 252 g/mol. The van der Waals surface area contributed by atoms with E-state index in [0.717, 1.165) is 12.3 Å². The number of thiophene rings is 1. The molecule has 2 atom stereocenters. The highest BCUT2D eigenvalue weighted by Gasteiger charge is 2.23. The van der Waals surface area contributed by atoms with E-state index in [1.807, 2.05) is 11.3 Å². The van der Waals surface area contributed by atoms with E-state index >= 15 is 0 Å². The standard InChI is InChI=1S/C16H28N2S/c1-4-18-9-7-15(8-10-18)14(3)17-13(2)12-16-6-5-11-19-16/h5-6,11,13-15,17H,4,7-10,12H2,1-3H3. The van der Waals surface area contributed by atoms with Gasteiger partial charge in [0.2, 0.25) is 0 Å². The minimum absolute atomic E-state index is 0.581. The van der Waals surface area contributed by atoms with E-state index < -0.39 is 0 Å². The first-order chi connectivity index (χ1) is 9.19. The summed E-state index contributed by atoms with van der Waals surface area (Å²) in [4.78, 5) is 4.06. The van der Waals surface area contributed by atoms with E-state index in [-0.39, 0.29) is 0 Å². The van der Waals surface area contributed by atoms with Gasteiger partial charge in [-0.3, -0.25) is 0 Å². The molecule has 1 fully saturated rings. The largest absolute Gasteiger partial charge is 0.311 e. The first-order valence-corrected chi connectivity index (χ1v) is 8.57. The number of nitrogens with zero attached hydrogens (tertiary/aromatic N) is 1. The van der Waals surface area contributed by atoms with Gasteiger partial charge in [0, 0.05) is 17.0 Å². The number of rotatable bonds is 6. The van der Waals surface area contributed by atoms with Gasteiger partial charge in [0.05, 0.1) is 0 Å². The van der Waals surface area contributed by atoms with E-state index in [0.29, 0.717) is 12.1 Å². The Morgan fingerprint density at radius 1 is 1.37 bits per heavy atom. The summed E-state index contributed by atoms with van der Waals surface area (Å²) in [5.74, 6) is 0.855. The van der Waals surface area contributed by atoms with Gasteiger partial charge in [-0.25, -0.2) is 0 Å². The first-order valence-electron chi connectivity index (χ1n) is 7.69. The topological polar surface area (TPSA) is 15.3 Å².